The van der Waals surface area contributed by atoms with Crippen LogP contribution in [0.5, 0.6) is 0 Å². The van der Waals surface area contributed by atoms with Crippen LogP contribution in [0.3, 0.4) is 0 Å². The normalized spacial score (nSPS) is 24.3. The summed E-state index contributed by atoms with van der Waals surface area (Å²) in [6.07, 6.45) is 10.6. The summed E-state index contributed by atoms with van der Waals surface area (Å²) in [4.78, 5) is 14.8. The zero-order valence-corrected chi connectivity index (χ0v) is 12.7. The number of likely N-dealkylation sites (tertiary alicyclic amines) is 1. The van der Waals surface area contributed by atoms with Crippen molar-refractivity contribution < 1.29 is 9.21 Å². The van der Waals surface area contributed by atoms with E-state index in [0.29, 0.717) is 6.54 Å². The maximum atomic E-state index is 12.4. The van der Waals surface area contributed by atoms with Gasteiger partial charge in [0.05, 0.1) is 18.8 Å². The predicted octanol–water partition coefficient (Wildman–Crippen LogP) is 2.94. The van der Waals surface area contributed by atoms with Crippen LogP contribution in [0.2, 0.25) is 0 Å². The van der Waals surface area contributed by atoms with Gasteiger partial charge in [0.25, 0.3) is 0 Å². The Morgan fingerprint density at radius 3 is 2.86 bits per heavy atom. The molecule has 2 fully saturated rings. The molecule has 1 aromatic rings. The van der Waals surface area contributed by atoms with E-state index < -0.39 is 0 Å². The van der Waals surface area contributed by atoms with E-state index >= 15 is 0 Å². The Hall–Kier alpha value is -1.29. The van der Waals surface area contributed by atoms with E-state index in [2.05, 4.69) is 10.2 Å². The van der Waals surface area contributed by atoms with E-state index in [1.807, 2.05) is 12.1 Å². The quantitative estimate of drug-likeness (QED) is 0.907. The zero-order chi connectivity index (χ0) is 14.5. The fraction of sp³-hybridized carbons (Fsp3) is 0.706. The predicted molar refractivity (Wildman–Crippen MR) is 81.7 cm³/mol. The van der Waals surface area contributed by atoms with Gasteiger partial charge in [-0.3, -0.25) is 9.69 Å². The lowest BCUT2D eigenvalue weighted by Crippen LogP contribution is -2.44. The van der Waals surface area contributed by atoms with Crippen LogP contribution in [0.25, 0.3) is 0 Å². The van der Waals surface area contributed by atoms with Gasteiger partial charge in [0.2, 0.25) is 5.91 Å². The third-order valence-corrected chi connectivity index (χ3v) is 4.90. The first-order chi connectivity index (χ1) is 10.3. The lowest BCUT2D eigenvalue weighted by Gasteiger charge is -2.30. The van der Waals surface area contributed by atoms with Gasteiger partial charge >= 0.3 is 0 Å². The van der Waals surface area contributed by atoms with Crippen molar-refractivity contribution in [3.63, 3.8) is 0 Å². The lowest BCUT2D eigenvalue weighted by molar-refractivity contribution is -0.125. The van der Waals surface area contributed by atoms with Gasteiger partial charge in [0.15, 0.2) is 0 Å². The van der Waals surface area contributed by atoms with Crippen molar-refractivity contribution in [3.05, 3.63) is 24.2 Å². The molecule has 1 aliphatic carbocycles. The van der Waals surface area contributed by atoms with Gasteiger partial charge < -0.3 is 9.73 Å². The molecule has 2 heterocycles. The molecule has 0 aromatic carbocycles. The van der Waals surface area contributed by atoms with Crippen molar-refractivity contribution in [2.24, 2.45) is 5.92 Å². The molecule has 116 valence electrons. The van der Waals surface area contributed by atoms with E-state index in [-0.39, 0.29) is 11.9 Å². The summed E-state index contributed by atoms with van der Waals surface area (Å²) in [6.45, 7) is 2.69. The van der Waals surface area contributed by atoms with E-state index in [9.17, 15) is 4.79 Å². The molecule has 2 aliphatic rings. The molecule has 1 saturated carbocycles. The number of nitrogens with zero attached hydrogens (tertiary/aromatic N) is 1. The minimum Gasteiger partial charge on any atom is -0.467 e. The van der Waals surface area contributed by atoms with Crippen molar-refractivity contribution in [2.75, 3.05) is 13.1 Å². The minimum atomic E-state index is 0.0712. The van der Waals surface area contributed by atoms with E-state index in [4.69, 9.17) is 4.42 Å². The topological polar surface area (TPSA) is 45.5 Å². The Bertz CT molecular complexity index is 438. The number of furan rings is 1. The second-order valence-corrected chi connectivity index (χ2v) is 6.45. The van der Waals surface area contributed by atoms with Crippen LogP contribution >= 0.6 is 0 Å². The second kappa shape index (κ2) is 7.12. The Morgan fingerprint density at radius 1 is 1.24 bits per heavy atom. The molecule has 21 heavy (non-hydrogen) atoms. The number of rotatable bonds is 5. The van der Waals surface area contributed by atoms with Crippen molar-refractivity contribution >= 4 is 5.91 Å². The number of hydrogen-bond acceptors (Lipinski definition) is 3. The Morgan fingerprint density at radius 2 is 2.10 bits per heavy atom. The van der Waals surface area contributed by atoms with Gasteiger partial charge in [0.1, 0.15) is 5.76 Å². The van der Waals surface area contributed by atoms with Gasteiger partial charge in [-0.1, -0.05) is 19.3 Å². The molecule has 0 radical (unpaired) electrons. The van der Waals surface area contributed by atoms with Gasteiger partial charge in [-0.15, -0.1) is 0 Å². The summed E-state index contributed by atoms with van der Waals surface area (Å²) < 4.78 is 5.27. The largest absolute Gasteiger partial charge is 0.467 e. The third kappa shape index (κ3) is 3.88. The molecule has 1 N–H and O–H groups in total. The first-order valence-corrected chi connectivity index (χ1v) is 8.37. The van der Waals surface area contributed by atoms with Gasteiger partial charge in [-0.2, -0.15) is 0 Å². The maximum Gasteiger partial charge on any atom is 0.237 e. The summed E-state index contributed by atoms with van der Waals surface area (Å²) in [5, 5.41) is 3.02. The van der Waals surface area contributed by atoms with Crippen LogP contribution in [0.4, 0.5) is 0 Å². The van der Waals surface area contributed by atoms with Gasteiger partial charge in [0, 0.05) is 6.54 Å². The van der Waals surface area contributed by atoms with Crippen LogP contribution in [0.15, 0.2) is 22.8 Å². The summed E-state index contributed by atoms with van der Waals surface area (Å²) in [6, 6.07) is 3.82. The Kier molecular flexibility index (Phi) is 4.96. The molecule has 3 rings (SSSR count). The van der Waals surface area contributed by atoms with Crippen molar-refractivity contribution in [2.45, 2.75) is 57.5 Å². The SMILES string of the molecule is O=C(NCc1ccco1)C1CCCN1CC1CCCCC1. The molecule has 0 bridgehead atoms. The van der Waals surface area contributed by atoms with Crippen LogP contribution in [0.1, 0.15) is 50.7 Å². The minimum absolute atomic E-state index is 0.0712. The van der Waals surface area contributed by atoms with Crippen LogP contribution < -0.4 is 5.32 Å². The molecule has 4 nitrogen and oxygen atoms in total. The summed E-state index contributed by atoms with van der Waals surface area (Å²) in [5.74, 6) is 1.79. The second-order valence-electron chi connectivity index (χ2n) is 6.45. The highest BCUT2D eigenvalue weighted by atomic mass is 16.3. The summed E-state index contributed by atoms with van der Waals surface area (Å²) in [7, 11) is 0. The Balaban J connectivity index is 1.49. The number of nitrogens with one attached hydrogen (secondary N) is 1. The van der Waals surface area contributed by atoms with E-state index in [1.165, 1.54) is 32.1 Å². The fourth-order valence-corrected chi connectivity index (χ4v) is 3.75. The first kappa shape index (κ1) is 14.6. The molecule has 1 amide bonds. The highest BCUT2D eigenvalue weighted by Gasteiger charge is 2.32. The number of carbonyl (C=O) groups excluding carboxylic acids is 1. The highest BCUT2D eigenvalue weighted by Crippen LogP contribution is 2.27. The number of hydrogen-bond donors (Lipinski definition) is 1. The van der Waals surface area contributed by atoms with Crippen LogP contribution in [0, 0.1) is 5.92 Å². The molecule has 1 unspecified atom stereocenters. The molecule has 1 saturated heterocycles. The molecule has 0 spiro atoms. The van der Waals surface area contributed by atoms with E-state index in [1.54, 1.807) is 6.26 Å². The van der Waals surface area contributed by atoms with Crippen LogP contribution in [-0.2, 0) is 11.3 Å². The van der Waals surface area contributed by atoms with Crippen molar-refractivity contribution in [1.29, 1.82) is 0 Å². The monoisotopic (exact) mass is 290 g/mol. The van der Waals surface area contributed by atoms with Gasteiger partial charge in [-0.25, -0.2) is 0 Å². The summed E-state index contributed by atoms with van der Waals surface area (Å²) >= 11 is 0. The first-order valence-electron chi connectivity index (χ1n) is 8.37. The zero-order valence-electron chi connectivity index (χ0n) is 12.7. The highest BCUT2D eigenvalue weighted by molar-refractivity contribution is 5.81. The molecule has 1 atom stereocenters. The molecular weight excluding hydrogens is 264 g/mol. The average molecular weight is 290 g/mol. The average Bonchev–Trinajstić information content (AvgIpc) is 3.17. The van der Waals surface area contributed by atoms with Crippen molar-refractivity contribution in [1.82, 2.24) is 10.2 Å². The number of amides is 1. The Labute approximate surface area is 126 Å². The molecule has 1 aromatic heterocycles. The van der Waals surface area contributed by atoms with Crippen LogP contribution in [-0.4, -0.2) is 29.9 Å². The van der Waals surface area contributed by atoms with Crippen molar-refractivity contribution in [3.8, 4) is 0 Å². The molecule has 1 aliphatic heterocycles. The maximum absolute atomic E-state index is 12.4. The lowest BCUT2D eigenvalue weighted by atomic mass is 9.89. The standard InChI is InChI=1S/C17H26N2O2/c20-17(18-12-15-8-5-11-21-15)16-9-4-10-19(16)13-14-6-2-1-3-7-14/h5,8,11,14,16H,1-4,6-7,9-10,12-13H2,(H,18,20). The van der Waals surface area contributed by atoms with E-state index in [0.717, 1.165) is 37.6 Å². The third-order valence-electron chi connectivity index (χ3n) is 4.90. The smallest absolute Gasteiger partial charge is 0.237 e. The molecular formula is C17H26N2O2. The van der Waals surface area contributed by atoms with Gasteiger partial charge in [-0.05, 0) is 50.3 Å². The molecule has 4 heteroatoms. The summed E-state index contributed by atoms with van der Waals surface area (Å²) in [5.41, 5.74) is 0. The fourth-order valence-electron chi connectivity index (χ4n) is 3.75. The number of carbonyl (C=O) groups is 1.